The van der Waals surface area contributed by atoms with Gasteiger partial charge in [0.15, 0.2) is 0 Å². The van der Waals surface area contributed by atoms with Crippen LogP contribution in [0.3, 0.4) is 0 Å². The van der Waals surface area contributed by atoms with Gasteiger partial charge in [-0.3, -0.25) is 4.79 Å². The fourth-order valence-electron chi connectivity index (χ4n) is 4.19. The van der Waals surface area contributed by atoms with E-state index in [9.17, 15) is 18.4 Å². The second-order valence-corrected chi connectivity index (χ2v) is 10.2. The molecule has 0 bridgehead atoms. The van der Waals surface area contributed by atoms with Crippen molar-refractivity contribution >= 4 is 17.6 Å². The molecule has 1 N–H and O–H groups in total. The topological polar surface area (TPSA) is 67.9 Å². The van der Waals surface area contributed by atoms with Crippen molar-refractivity contribution < 1.29 is 27.8 Å². The molecule has 2 amide bonds. The molecule has 1 aliphatic rings. The van der Waals surface area contributed by atoms with E-state index < -0.39 is 35.4 Å². The van der Waals surface area contributed by atoms with E-state index in [1.807, 2.05) is 19.9 Å². The van der Waals surface area contributed by atoms with Crippen molar-refractivity contribution in [3.8, 4) is 5.75 Å². The first-order valence-corrected chi connectivity index (χ1v) is 12.0. The number of nitrogens with zero attached hydrogens (tertiary/aromatic N) is 1. The summed E-state index contributed by atoms with van der Waals surface area (Å²) >= 11 is 0. The molecule has 194 valence electrons. The average Bonchev–Trinajstić information content (AvgIpc) is 2.82. The van der Waals surface area contributed by atoms with Gasteiger partial charge < -0.3 is 19.7 Å². The molecule has 1 aliphatic heterocycles. The Balaban J connectivity index is 2.01. The third-order valence-electron chi connectivity index (χ3n) is 5.91. The van der Waals surface area contributed by atoms with Crippen LogP contribution in [-0.4, -0.2) is 42.2 Å². The summed E-state index contributed by atoms with van der Waals surface area (Å²) in [6.07, 6.45) is 1.42. The first kappa shape index (κ1) is 27.2. The van der Waals surface area contributed by atoms with Crippen LogP contribution in [0.2, 0.25) is 0 Å². The van der Waals surface area contributed by atoms with Crippen molar-refractivity contribution in [1.82, 2.24) is 10.2 Å². The molecule has 0 radical (unpaired) electrons. The van der Waals surface area contributed by atoms with Crippen LogP contribution in [0.5, 0.6) is 5.75 Å². The monoisotopic (exact) mass is 500 g/mol. The molecular weight excluding hydrogens is 466 g/mol. The maximum atomic E-state index is 14.6. The van der Waals surface area contributed by atoms with Crippen molar-refractivity contribution in [2.75, 3.05) is 13.7 Å². The molecule has 0 saturated heterocycles. The van der Waals surface area contributed by atoms with Crippen molar-refractivity contribution in [3.05, 3.63) is 71.3 Å². The Kier molecular flexibility index (Phi) is 8.38. The van der Waals surface area contributed by atoms with Gasteiger partial charge in [0.05, 0.1) is 13.2 Å². The number of hydrogen-bond acceptors (Lipinski definition) is 4. The number of carbonyl (C=O) groups is 2. The Morgan fingerprint density at radius 1 is 1.11 bits per heavy atom. The Bertz CT molecular complexity index is 1140. The van der Waals surface area contributed by atoms with E-state index >= 15 is 0 Å². The van der Waals surface area contributed by atoms with E-state index in [1.165, 1.54) is 6.07 Å². The molecule has 3 rings (SSSR count). The molecule has 0 saturated carbocycles. The zero-order valence-electron chi connectivity index (χ0n) is 21.6. The van der Waals surface area contributed by atoms with Crippen LogP contribution in [0.25, 0.3) is 5.57 Å². The normalized spacial score (nSPS) is 16.9. The van der Waals surface area contributed by atoms with Gasteiger partial charge in [0.2, 0.25) is 5.91 Å². The molecule has 8 heteroatoms. The Morgan fingerprint density at radius 3 is 2.47 bits per heavy atom. The predicted molar refractivity (Wildman–Crippen MR) is 134 cm³/mol. The lowest BCUT2D eigenvalue weighted by Crippen LogP contribution is -2.53. The highest BCUT2D eigenvalue weighted by atomic mass is 19.1. The molecule has 0 spiro atoms. The van der Waals surface area contributed by atoms with E-state index in [0.29, 0.717) is 17.7 Å². The highest BCUT2D eigenvalue weighted by Gasteiger charge is 2.36. The number of hydrogen-bond donors (Lipinski definition) is 1. The minimum Gasteiger partial charge on any atom is -0.497 e. The van der Waals surface area contributed by atoms with Crippen molar-refractivity contribution in [2.45, 2.75) is 58.7 Å². The van der Waals surface area contributed by atoms with Gasteiger partial charge in [-0.2, -0.15) is 0 Å². The third-order valence-corrected chi connectivity index (χ3v) is 5.91. The first-order chi connectivity index (χ1) is 16.9. The molecule has 1 heterocycles. The summed E-state index contributed by atoms with van der Waals surface area (Å²) in [6, 6.07) is 9.17. The number of carbonyl (C=O) groups excluding carboxylic acids is 2. The first-order valence-electron chi connectivity index (χ1n) is 12.0. The fraction of sp³-hybridized carbons (Fsp3) is 0.429. The fourth-order valence-corrected chi connectivity index (χ4v) is 4.19. The zero-order valence-corrected chi connectivity index (χ0v) is 21.6. The maximum Gasteiger partial charge on any atom is 0.408 e. The Morgan fingerprint density at radius 2 is 1.83 bits per heavy atom. The van der Waals surface area contributed by atoms with Crippen LogP contribution < -0.4 is 10.1 Å². The van der Waals surface area contributed by atoms with Gasteiger partial charge in [0.25, 0.3) is 0 Å². The molecule has 36 heavy (non-hydrogen) atoms. The number of alkyl carbamates (subject to hydrolysis) is 1. The number of rotatable bonds is 6. The van der Waals surface area contributed by atoms with E-state index in [4.69, 9.17) is 9.47 Å². The minimum absolute atomic E-state index is 0.169. The summed E-state index contributed by atoms with van der Waals surface area (Å²) in [5.41, 5.74) is 0.805. The maximum absolute atomic E-state index is 14.6. The second kappa shape index (κ2) is 11.1. The van der Waals surface area contributed by atoms with Gasteiger partial charge in [-0.1, -0.05) is 32.1 Å². The summed E-state index contributed by atoms with van der Waals surface area (Å²) in [5, 5.41) is 2.72. The number of ether oxygens (including phenoxy) is 2. The van der Waals surface area contributed by atoms with Crippen LogP contribution in [0, 0.1) is 17.6 Å². The largest absolute Gasteiger partial charge is 0.497 e. The molecule has 0 aromatic heterocycles. The van der Waals surface area contributed by atoms with E-state index in [2.05, 4.69) is 5.32 Å². The molecular formula is C28H34F2N2O4. The molecule has 0 aliphatic carbocycles. The lowest BCUT2D eigenvalue weighted by atomic mass is 9.90. The van der Waals surface area contributed by atoms with Gasteiger partial charge >= 0.3 is 6.09 Å². The van der Waals surface area contributed by atoms with Crippen molar-refractivity contribution in [3.63, 3.8) is 0 Å². The van der Waals surface area contributed by atoms with Crippen molar-refractivity contribution in [1.29, 1.82) is 0 Å². The number of halogens is 2. The average molecular weight is 501 g/mol. The SMILES string of the molecule is COc1cccc(C2C=C(c3cc(F)ccc3F)CCN2C(=O)C(NC(=O)OC(C)(C)C)C(C)C)c1. The van der Waals surface area contributed by atoms with Crippen molar-refractivity contribution in [2.24, 2.45) is 5.92 Å². The smallest absolute Gasteiger partial charge is 0.408 e. The van der Waals surface area contributed by atoms with E-state index in [-0.39, 0.29) is 23.9 Å². The van der Waals surface area contributed by atoms with Crippen LogP contribution in [0.4, 0.5) is 13.6 Å². The number of nitrogens with one attached hydrogen (secondary N) is 1. The lowest BCUT2D eigenvalue weighted by molar-refractivity contribution is -0.136. The van der Waals surface area contributed by atoms with Gasteiger partial charge in [0.1, 0.15) is 29.0 Å². The van der Waals surface area contributed by atoms with Gasteiger partial charge in [-0.15, -0.1) is 0 Å². The molecule has 2 aromatic carbocycles. The van der Waals surface area contributed by atoms with Gasteiger partial charge in [-0.05, 0) is 74.6 Å². The highest BCUT2D eigenvalue weighted by Crippen LogP contribution is 2.36. The zero-order chi connectivity index (χ0) is 26.6. The van der Waals surface area contributed by atoms with E-state index in [1.54, 1.807) is 57.1 Å². The number of amides is 2. The molecule has 0 fully saturated rings. The summed E-state index contributed by atoms with van der Waals surface area (Å²) in [6.45, 7) is 9.18. The summed E-state index contributed by atoms with van der Waals surface area (Å²) < 4.78 is 39.3. The molecule has 2 atom stereocenters. The second-order valence-electron chi connectivity index (χ2n) is 10.2. The molecule has 2 unspecified atom stereocenters. The van der Waals surface area contributed by atoms with Gasteiger partial charge in [0, 0.05) is 12.1 Å². The summed E-state index contributed by atoms with van der Waals surface area (Å²) in [5.74, 6) is -0.978. The summed E-state index contributed by atoms with van der Waals surface area (Å²) in [4.78, 5) is 27.9. The van der Waals surface area contributed by atoms with Crippen LogP contribution in [-0.2, 0) is 9.53 Å². The lowest BCUT2D eigenvalue weighted by Gasteiger charge is -2.38. The molecule has 2 aromatic rings. The highest BCUT2D eigenvalue weighted by molar-refractivity contribution is 5.87. The minimum atomic E-state index is -0.839. The van der Waals surface area contributed by atoms with E-state index in [0.717, 1.165) is 17.7 Å². The third kappa shape index (κ3) is 6.62. The van der Waals surface area contributed by atoms with Crippen LogP contribution >= 0.6 is 0 Å². The quantitative estimate of drug-likeness (QED) is 0.538. The predicted octanol–water partition coefficient (Wildman–Crippen LogP) is 5.88. The van der Waals surface area contributed by atoms with Crippen LogP contribution in [0.1, 0.15) is 58.2 Å². The summed E-state index contributed by atoms with van der Waals surface area (Å²) in [7, 11) is 1.55. The van der Waals surface area contributed by atoms with Gasteiger partial charge in [-0.25, -0.2) is 13.6 Å². The van der Waals surface area contributed by atoms with Crippen LogP contribution in [0.15, 0.2) is 48.5 Å². The Labute approximate surface area is 211 Å². The molecule has 6 nitrogen and oxygen atoms in total. The number of benzene rings is 2. The Hall–Kier alpha value is -3.42. The standard InChI is InChI=1S/C28H34F2N2O4/c1-17(2)25(31-27(34)36-28(3,4)5)26(33)32-13-12-18(22-16-20(29)10-11-23(22)30)15-24(32)19-8-7-9-21(14-19)35-6/h7-11,14-17,24-25H,12-13H2,1-6H3,(H,31,34). The number of methoxy groups -OCH3 is 1.